The van der Waals surface area contributed by atoms with Crippen molar-refractivity contribution in [3.05, 3.63) is 145 Å². The molecule has 0 bridgehead atoms. The second-order valence-corrected chi connectivity index (χ2v) is 12.1. The van der Waals surface area contributed by atoms with Gasteiger partial charge in [0.05, 0.1) is 11.0 Å². The third-order valence-electron chi connectivity index (χ3n) is 8.13. The maximum absolute atomic E-state index is 4.93. The van der Waals surface area contributed by atoms with Crippen molar-refractivity contribution < 1.29 is 20.1 Å². The number of fused-ring (bicyclic) bond motifs is 3. The second-order valence-electron chi connectivity index (χ2n) is 12.1. The zero-order chi connectivity index (χ0) is 28.8. The van der Waals surface area contributed by atoms with Crippen molar-refractivity contribution in [1.82, 2.24) is 9.55 Å². The van der Waals surface area contributed by atoms with Crippen LogP contribution in [0.25, 0.3) is 61.0 Å². The molecule has 0 aliphatic heterocycles. The zero-order valence-corrected chi connectivity index (χ0v) is 27.2. The number of nitrogens with zero attached hydrogens (tertiary/aromatic N) is 2. The molecular weight excluding hydrogens is 701 g/mol. The van der Waals surface area contributed by atoms with Crippen LogP contribution in [-0.4, -0.2) is 9.55 Å². The topological polar surface area (TPSA) is 17.8 Å². The fraction of sp³-hybridized carbons (Fsp3) is 0.125. The Hall–Kier alpha value is -4.30. The number of pyridine rings is 1. The van der Waals surface area contributed by atoms with E-state index in [4.69, 9.17) is 4.98 Å². The average Bonchev–Trinajstić information content (AvgIpc) is 3.34. The molecular formula is C40H33IrN2-. The van der Waals surface area contributed by atoms with Crippen molar-refractivity contribution in [2.45, 2.75) is 33.1 Å². The molecule has 0 amide bonds. The number of aromatic nitrogens is 2. The van der Waals surface area contributed by atoms with Crippen molar-refractivity contribution in [2.24, 2.45) is 0 Å². The minimum atomic E-state index is 0. The van der Waals surface area contributed by atoms with E-state index in [1.54, 1.807) is 0 Å². The van der Waals surface area contributed by atoms with Gasteiger partial charge < -0.3 is 9.55 Å². The third-order valence-corrected chi connectivity index (χ3v) is 8.13. The molecule has 1 radical (unpaired) electrons. The first-order valence-corrected chi connectivity index (χ1v) is 14.6. The van der Waals surface area contributed by atoms with Crippen LogP contribution in [0.15, 0.2) is 127 Å². The fourth-order valence-electron chi connectivity index (χ4n) is 5.89. The SMILES string of the molecule is Cc1cc(-n2c3ccc(-c4ccccc4)cc3c3cc(-c4ccccc4)ccc32)cc(-c2[c-]cc(C(C)(C)C)cc2)n1.[Ir]. The Bertz CT molecular complexity index is 1950. The molecule has 5 aromatic carbocycles. The summed E-state index contributed by atoms with van der Waals surface area (Å²) in [6, 6.07) is 49.3. The normalized spacial score (nSPS) is 11.5. The number of hydrogen-bond donors (Lipinski definition) is 0. The summed E-state index contributed by atoms with van der Waals surface area (Å²) in [4.78, 5) is 4.93. The summed E-state index contributed by atoms with van der Waals surface area (Å²) in [5, 5.41) is 2.47. The first-order chi connectivity index (χ1) is 20.3. The Morgan fingerprint density at radius 3 is 1.65 bits per heavy atom. The van der Waals surface area contributed by atoms with Gasteiger partial charge in [0.2, 0.25) is 0 Å². The Labute approximate surface area is 267 Å². The van der Waals surface area contributed by atoms with Crippen LogP contribution < -0.4 is 0 Å². The largest absolute Gasteiger partial charge is 0.310 e. The maximum Gasteiger partial charge on any atom is 0.0541 e. The van der Waals surface area contributed by atoms with Gasteiger partial charge >= 0.3 is 0 Å². The smallest absolute Gasteiger partial charge is 0.0541 e. The van der Waals surface area contributed by atoms with E-state index < -0.39 is 0 Å². The molecule has 0 fully saturated rings. The van der Waals surface area contributed by atoms with E-state index in [1.165, 1.54) is 49.6 Å². The van der Waals surface area contributed by atoms with E-state index in [9.17, 15) is 0 Å². The van der Waals surface area contributed by atoms with Crippen molar-refractivity contribution in [3.63, 3.8) is 0 Å². The van der Waals surface area contributed by atoms with Gasteiger partial charge in [-0.15, -0.1) is 35.4 Å². The zero-order valence-electron chi connectivity index (χ0n) is 24.9. The molecule has 3 heteroatoms. The van der Waals surface area contributed by atoms with Gasteiger partial charge in [0.1, 0.15) is 0 Å². The van der Waals surface area contributed by atoms with E-state index in [2.05, 4.69) is 166 Å². The molecule has 0 saturated heterocycles. The quantitative estimate of drug-likeness (QED) is 0.165. The molecule has 0 N–H and O–H groups in total. The van der Waals surface area contributed by atoms with E-state index >= 15 is 0 Å². The standard InChI is InChI=1S/C40H33N2.Ir/c1-27-23-34(26-37(41-27)30-15-19-33(20-16-30)40(2,3)4)42-38-21-17-31(28-11-7-5-8-12-28)24-35(38)36-25-32(18-22-39(36)42)29-13-9-6-10-14-29;/h5-15,17-26H,1-4H3;/q-1;. The summed E-state index contributed by atoms with van der Waals surface area (Å²) in [5.74, 6) is 0. The Morgan fingerprint density at radius 2 is 1.16 bits per heavy atom. The first kappa shape index (κ1) is 28.8. The second kappa shape index (κ2) is 11.4. The predicted octanol–water partition coefficient (Wildman–Crippen LogP) is 10.6. The van der Waals surface area contributed by atoms with Gasteiger partial charge in [-0.05, 0) is 70.6 Å². The summed E-state index contributed by atoms with van der Waals surface area (Å²) in [5.41, 5.74) is 12.6. The average molecular weight is 734 g/mol. The van der Waals surface area contributed by atoms with Crippen LogP contribution in [0.2, 0.25) is 0 Å². The molecule has 7 aromatic rings. The molecule has 2 aromatic heterocycles. The van der Waals surface area contributed by atoms with E-state index in [0.29, 0.717) is 0 Å². The van der Waals surface area contributed by atoms with Crippen LogP contribution in [0.5, 0.6) is 0 Å². The number of rotatable bonds is 4. The van der Waals surface area contributed by atoms with Gasteiger partial charge in [0, 0.05) is 42.3 Å². The van der Waals surface area contributed by atoms with Gasteiger partial charge in [0.25, 0.3) is 0 Å². The Balaban J connectivity index is 0.00000329. The Kier molecular flexibility index (Phi) is 7.64. The van der Waals surface area contributed by atoms with Crippen LogP contribution in [0.1, 0.15) is 32.0 Å². The molecule has 0 spiro atoms. The van der Waals surface area contributed by atoms with E-state index in [-0.39, 0.29) is 25.5 Å². The van der Waals surface area contributed by atoms with Gasteiger partial charge in [-0.3, -0.25) is 0 Å². The molecule has 213 valence electrons. The van der Waals surface area contributed by atoms with Crippen LogP contribution in [0.4, 0.5) is 0 Å². The molecule has 0 aliphatic rings. The molecule has 7 rings (SSSR count). The summed E-state index contributed by atoms with van der Waals surface area (Å²) in [6.07, 6.45) is 0. The predicted molar refractivity (Wildman–Crippen MR) is 177 cm³/mol. The molecule has 0 saturated carbocycles. The molecule has 0 atom stereocenters. The third kappa shape index (κ3) is 5.47. The van der Waals surface area contributed by atoms with Crippen LogP contribution >= 0.6 is 0 Å². The molecule has 2 nitrogen and oxygen atoms in total. The minimum Gasteiger partial charge on any atom is -0.310 e. The van der Waals surface area contributed by atoms with Gasteiger partial charge in [-0.2, -0.15) is 0 Å². The molecule has 2 heterocycles. The summed E-state index contributed by atoms with van der Waals surface area (Å²) in [7, 11) is 0. The minimum absolute atomic E-state index is 0. The number of benzene rings is 5. The van der Waals surface area contributed by atoms with Crippen LogP contribution in [-0.2, 0) is 25.5 Å². The number of hydrogen-bond acceptors (Lipinski definition) is 1. The summed E-state index contributed by atoms with van der Waals surface area (Å²) >= 11 is 0. The van der Waals surface area contributed by atoms with Crippen molar-refractivity contribution in [3.8, 4) is 39.2 Å². The van der Waals surface area contributed by atoms with Crippen molar-refractivity contribution in [2.75, 3.05) is 0 Å². The van der Waals surface area contributed by atoms with E-state index in [0.717, 1.165) is 22.6 Å². The fourth-order valence-corrected chi connectivity index (χ4v) is 5.89. The van der Waals surface area contributed by atoms with Gasteiger partial charge in [-0.1, -0.05) is 99.6 Å². The van der Waals surface area contributed by atoms with Gasteiger partial charge in [0.15, 0.2) is 0 Å². The van der Waals surface area contributed by atoms with Crippen molar-refractivity contribution >= 4 is 21.8 Å². The van der Waals surface area contributed by atoms with Crippen molar-refractivity contribution in [1.29, 1.82) is 0 Å². The number of aryl methyl sites for hydroxylation is 1. The van der Waals surface area contributed by atoms with E-state index in [1.807, 2.05) is 0 Å². The van der Waals surface area contributed by atoms with Gasteiger partial charge in [-0.25, -0.2) is 0 Å². The van der Waals surface area contributed by atoms with Crippen LogP contribution in [0.3, 0.4) is 0 Å². The monoisotopic (exact) mass is 734 g/mol. The first-order valence-electron chi connectivity index (χ1n) is 14.6. The summed E-state index contributed by atoms with van der Waals surface area (Å²) in [6.45, 7) is 8.76. The Morgan fingerprint density at radius 1 is 0.605 bits per heavy atom. The molecule has 0 unspecified atom stereocenters. The van der Waals surface area contributed by atoms with Crippen LogP contribution in [0, 0.1) is 13.0 Å². The molecule has 43 heavy (non-hydrogen) atoms. The summed E-state index contributed by atoms with van der Waals surface area (Å²) < 4.78 is 2.38. The molecule has 0 aliphatic carbocycles. The maximum atomic E-state index is 4.93.